The van der Waals surface area contributed by atoms with Gasteiger partial charge in [-0.3, -0.25) is 0 Å². The van der Waals surface area contributed by atoms with E-state index in [0.717, 1.165) is 24.2 Å². The molecule has 110 valence electrons. The Labute approximate surface area is 120 Å². The van der Waals surface area contributed by atoms with Gasteiger partial charge in [0, 0.05) is 6.42 Å². The van der Waals surface area contributed by atoms with E-state index in [9.17, 15) is 0 Å². The summed E-state index contributed by atoms with van der Waals surface area (Å²) in [5.74, 6) is 9.11. The fourth-order valence-corrected chi connectivity index (χ4v) is 3.56. The Kier molecular flexibility index (Phi) is 9.01. The molecule has 0 aliphatic heterocycles. The highest BCUT2D eigenvalue weighted by Crippen LogP contribution is 2.38. The third-order valence-electron chi connectivity index (χ3n) is 4.60. The van der Waals surface area contributed by atoms with Crippen LogP contribution in [0.5, 0.6) is 0 Å². The highest BCUT2D eigenvalue weighted by Gasteiger charge is 2.29. The monoisotopic (exact) mass is 263 g/mol. The van der Waals surface area contributed by atoms with E-state index in [-0.39, 0.29) is 0 Å². The fraction of sp³-hybridized carbons (Fsp3) is 0.889. The zero-order valence-electron chi connectivity index (χ0n) is 13.3. The van der Waals surface area contributed by atoms with E-state index in [1.54, 1.807) is 0 Å². The minimum atomic E-state index is 0.901. The minimum absolute atomic E-state index is 0.901. The van der Waals surface area contributed by atoms with E-state index in [0.29, 0.717) is 0 Å². The van der Waals surface area contributed by atoms with Gasteiger partial charge in [-0.2, -0.15) is 0 Å². The van der Waals surface area contributed by atoms with Crippen molar-refractivity contribution in [3.05, 3.63) is 0 Å². The predicted octanol–water partition coefficient (Wildman–Crippen LogP) is 4.62. The zero-order chi connectivity index (χ0) is 13.9. The first-order chi connectivity index (χ1) is 9.31. The number of hydrogen-bond acceptors (Lipinski definition) is 1. The Morgan fingerprint density at radius 3 is 2.58 bits per heavy atom. The lowest BCUT2D eigenvalue weighted by Gasteiger charge is -2.36. The molecule has 0 spiro atoms. The Morgan fingerprint density at radius 1 is 1.05 bits per heavy atom. The maximum atomic E-state index is 3.64. The normalized spacial score (nSPS) is 26.8. The van der Waals surface area contributed by atoms with Crippen LogP contribution < -0.4 is 5.32 Å². The van der Waals surface area contributed by atoms with Crippen LogP contribution in [-0.2, 0) is 0 Å². The minimum Gasteiger partial charge on any atom is -0.316 e. The first-order valence-corrected chi connectivity index (χ1v) is 8.42. The SMILES string of the molecule is CC#CCCC1CC(CCC)CCC1CNCCC. The van der Waals surface area contributed by atoms with Crippen LogP contribution in [0.15, 0.2) is 0 Å². The van der Waals surface area contributed by atoms with E-state index in [2.05, 4.69) is 31.0 Å². The molecule has 0 aromatic rings. The lowest BCUT2D eigenvalue weighted by atomic mass is 9.71. The molecule has 0 bridgehead atoms. The average molecular weight is 263 g/mol. The van der Waals surface area contributed by atoms with Gasteiger partial charge in [0.25, 0.3) is 0 Å². The van der Waals surface area contributed by atoms with Gasteiger partial charge < -0.3 is 5.32 Å². The van der Waals surface area contributed by atoms with Gasteiger partial charge in [0.15, 0.2) is 0 Å². The second kappa shape index (κ2) is 10.3. The van der Waals surface area contributed by atoms with Gasteiger partial charge in [-0.1, -0.05) is 33.1 Å². The summed E-state index contributed by atoms with van der Waals surface area (Å²) in [6.07, 6.45) is 10.8. The molecule has 0 saturated heterocycles. The Hall–Kier alpha value is -0.480. The molecule has 0 aromatic heterocycles. The van der Waals surface area contributed by atoms with E-state index in [1.807, 2.05) is 6.92 Å². The summed E-state index contributed by atoms with van der Waals surface area (Å²) in [6, 6.07) is 0. The molecule has 1 heteroatoms. The molecule has 19 heavy (non-hydrogen) atoms. The van der Waals surface area contributed by atoms with E-state index in [4.69, 9.17) is 0 Å². The van der Waals surface area contributed by atoms with Crippen LogP contribution in [0.2, 0.25) is 0 Å². The van der Waals surface area contributed by atoms with Gasteiger partial charge in [0.2, 0.25) is 0 Å². The van der Waals surface area contributed by atoms with Gasteiger partial charge in [0.1, 0.15) is 0 Å². The average Bonchev–Trinajstić information content (AvgIpc) is 2.42. The van der Waals surface area contributed by atoms with Crippen molar-refractivity contribution < 1.29 is 0 Å². The molecule has 1 aliphatic carbocycles. The highest BCUT2D eigenvalue weighted by molar-refractivity contribution is 4.96. The van der Waals surface area contributed by atoms with Crippen LogP contribution in [0.25, 0.3) is 0 Å². The maximum absolute atomic E-state index is 3.64. The molecule has 3 atom stereocenters. The van der Waals surface area contributed by atoms with Crippen molar-refractivity contribution in [1.82, 2.24) is 5.32 Å². The molecular formula is C18H33N. The van der Waals surface area contributed by atoms with Crippen molar-refractivity contribution in [2.75, 3.05) is 13.1 Å². The molecule has 1 aliphatic rings. The maximum Gasteiger partial charge on any atom is 0.00913 e. The molecule has 1 fully saturated rings. The van der Waals surface area contributed by atoms with Crippen molar-refractivity contribution in [2.24, 2.45) is 17.8 Å². The van der Waals surface area contributed by atoms with Crippen LogP contribution in [-0.4, -0.2) is 13.1 Å². The molecular weight excluding hydrogens is 230 g/mol. The molecule has 0 radical (unpaired) electrons. The molecule has 0 heterocycles. The summed E-state index contributed by atoms with van der Waals surface area (Å²) in [6.45, 7) is 8.94. The predicted molar refractivity (Wildman–Crippen MR) is 85.1 cm³/mol. The van der Waals surface area contributed by atoms with E-state index in [1.165, 1.54) is 58.0 Å². The van der Waals surface area contributed by atoms with E-state index < -0.39 is 0 Å². The quantitative estimate of drug-likeness (QED) is 0.497. The molecule has 0 aromatic carbocycles. The van der Waals surface area contributed by atoms with Crippen LogP contribution >= 0.6 is 0 Å². The summed E-state index contributed by atoms with van der Waals surface area (Å²) >= 11 is 0. The first kappa shape index (κ1) is 16.6. The number of nitrogens with one attached hydrogen (secondary N) is 1. The third kappa shape index (κ3) is 6.48. The molecule has 1 N–H and O–H groups in total. The van der Waals surface area contributed by atoms with Crippen molar-refractivity contribution >= 4 is 0 Å². The summed E-state index contributed by atoms with van der Waals surface area (Å²) < 4.78 is 0. The lowest BCUT2D eigenvalue weighted by molar-refractivity contribution is 0.161. The van der Waals surface area contributed by atoms with Crippen LogP contribution in [0.1, 0.15) is 72.1 Å². The topological polar surface area (TPSA) is 12.0 Å². The van der Waals surface area contributed by atoms with Gasteiger partial charge in [-0.05, 0) is 63.5 Å². The smallest absolute Gasteiger partial charge is 0.00913 e. The summed E-state index contributed by atoms with van der Waals surface area (Å²) in [5, 5.41) is 3.64. The first-order valence-electron chi connectivity index (χ1n) is 8.42. The summed E-state index contributed by atoms with van der Waals surface area (Å²) in [7, 11) is 0. The van der Waals surface area contributed by atoms with Crippen molar-refractivity contribution in [2.45, 2.75) is 72.1 Å². The summed E-state index contributed by atoms with van der Waals surface area (Å²) in [5.41, 5.74) is 0. The van der Waals surface area contributed by atoms with Gasteiger partial charge in [-0.25, -0.2) is 0 Å². The third-order valence-corrected chi connectivity index (χ3v) is 4.60. The Morgan fingerprint density at radius 2 is 1.89 bits per heavy atom. The van der Waals surface area contributed by atoms with Crippen LogP contribution in [0.4, 0.5) is 0 Å². The standard InChI is InChI=1S/C18H33N/c1-4-7-8-10-17-14-16(9-5-2)11-12-18(17)15-19-13-6-3/h16-19H,5-6,8-15H2,1-3H3. The van der Waals surface area contributed by atoms with Crippen LogP contribution in [0.3, 0.4) is 0 Å². The lowest BCUT2D eigenvalue weighted by Crippen LogP contribution is -2.33. The number of hydrogen-bond donors (Lipinski definition) is 1. The highest BCUT2D eigenvalue weighted by atomic mass is 14.9. The fourth-order valence-electron chi connectivity index (χ4n) is 3.56. The van der Waals surface area contributed by atoms with E-state index >= 15 is 0 Å². The van der Waals surface area contributed by atoms with Crippen molar-refractivity contribution in [3.8, 4) is 11.8 Å². The van der Waals surface area contributed by atoms with Gasteiger partial charge in [-0.15, -0.1) is 11.8 Å². The molecule has 1 nitrogen and oxygen atoms in total. The molecule has 1 saturated carbocycles. The van der Waals surface area contributed by atoms with Gasteiger partial charge in [0.05, 0.1) is 0 Å². The van der Waals surface area contributed by atoms with Crippen LogP contribution in [0, 0.1) is 29.6 Å². The second-order valence-electron chi connectivity index (χ2n) is 6.16. The largest absolute Gasteiger partial charge is 0.316 e. The zero-order valence-corrected chi connectivity index (χ0v) is 13.3. The van der Waals surface area contributed by atoms with Gasteiger partial charge >= 0.3 is 0 Å². The molecule has 0 amide bonds. The van der Waals surface area contributed by atoms with Crippen molar-refractivity contribution in [3.63, 3.8) is 0 Å². The summed E-state index contributed by atoms with van der Waals surface area (Å²) in [4.78, 5) is 0. The molecule has 3 unspecified atom stereocenters. The Bertz CT molecular complexity index is 273. The Balaban J connectivity index is 2.43. The molecule has 1 rings (SSSR count). The number of rotatable bonds is 8. The van der Waals surface area contributed by atoms with Crippen molar-refractivity contribution in [1.29, 1.82) is 0 Å². The second-order valence-corrected chi connectivity index (χ2v) is 6.16.